The van der Waals surface area contributed by atoms with Crippen molar-refractivity contribution in [2.45, 2.75) is 62.9 Å². The second-order valence-corrected chi connectivity index (χ2v) is 9.98. The zero-order valence-electron chi connectivity index (χ0n) is 19.8. The molecule has 2 aromatic rings. The van der Waals surface area contributed by atoms with E-state index in [9.17, 15) is 4.79 Å². The van der Waals surface area contributed by atoms with Crippen LogP contribution in [0, 0.1) is 5.92 Å². The van der Waals surface area contributed by atoms with Gasteiger partial charge in [-0.3, -0.25) is 9.69 Å². The smallest absolute Gasteiger partial charge is 0.220 e. The van der Waals surface area contributed by atoms with Gasteiger partial charge in [0.25, 0.3) is 0 Å². The van der Waals surface area contributed by atoms with E-state index in [0.29, 0.717) is 18.4 Å². The number of piperidine rings is 1. The zero-order chi connectivity index (χ0) is 22.8. The van der Waals surface area contributed by atoms with E-state index >= 15 is 0 Å². The lowest BCUT2D eigenvalue weighted by molar-refractivity contribution is -0.120. The molecule has 33 heavy (non-hydrogen) atoms. The number of fused-ring (bicyclic) bond motifs is 1. The molecule has 1 saturated carbocycles. The summed E-state index contributed by atoms with van der Waals surface area (Å²) >= 11 is 0. The molecule has 2 aromatic carbocycles. The number of carbonyl (C=O) groups is 1. The van der Waals surface area contributed by atoms with Crippen molar-refractivity contribution in [3.8, 4) is 5.75 Å². The molecule has 1 aliphatic carbocycles. The summed E-state index contributed by atoms with van der Waals surface area (Å²) < 4.78 is 5.37. The largest absolute Gasteiger partial charge is 0.497 e. The van der Waals surface area contributed by atoms with E-state index < -0.39 is 0 Å². The molecule has 1 spiro atoms. The number of nitrogens with zero attached hydrogens (tertiary/aromatic N) is 2. The SMILES string of the molecule is CO/N=C(/c1ccc2cc(OC)ccc2c1)C1CCCN(C2CCC3(CCC(=O)N3)CC2)C1. The van der Waals surface area contributed by atoms with Crippen molar-refractivity contribution in [3.63, 3.8) is 0 Å². The van der Waals surface area contributed by atoms with Crippen LogP contribution in [0.2, 0.25) is 0 Å². The summed E-state index contributed by atoms with van der Waals surface area (Å²) in [6.45, 7) is 2.17. The van der Waals surface area contributed by atoms with Crippen LogP contribution in [0.5, 0.6) is 5.75 Å². The molecule has 176 valence electrons. The van der Waals surface area contributed by atoms with Gasteiger partial charge in [0.2, 0.25) is 5.91 Å². The number of amides is 1. The second-order valence-electron chi connectivity index (χ2n) is 9.98. The summed E-state index contributed by atoms with van der Waals surface area (Å²) in [6.07, 6.45) is 8.58. The van der Waals surface area contributed by atoms with Crippen LogP contribution < -0.4 is 10.1 Å². The normalized spacial score (nSPS) is 28.8. The van der Waals surface area contributed by atoms with Gasteiger partial charge >= 0.3 is 0 Å². The number of carbonyl (C=O) groups excluding carboxylic acids is 1. The van der Waals surface area contributed by atoms with Crippen LogP contribution in [0.25, 0.3) is 10.8 Å². The molecule has 1 N–H and O–H groups in total. The minimum atomic E-state index is 0.0826. The van der Waals surface area contributed by atoms with Gasteiger partial charge in [-0.2, -0.15) is 0 Å². The molecule has 2 heterocycles. The highest BCUT2D eigenvalue weighted by atomic mass is 16.6. The minimum absolute atomic E-state index is 0.0826. The maximum Gasteiger partial charge on any atom is 0.220 e. The number of hydrogen-bond donors (Lipinski definition) is 1. The van der Waals surface area contributed by atoms with Gasteiger partial charge in [0, 0.05) is 36.0 Å². The molecule has 3 aliphatic rings. The molecule has 6 nitrogen and oxygen atoms in total. The predicted molar refractivity (Wildman–Crippen MR) is 131 cm³/mol. The summed E-state index contributed by atoms with van der Waals surface area (Å²) in [5.41, 5.74) is 2.27. The summed E-state index contributed by atoms with van der Waals surface area (Å²) in [5, 5.41) is 10.1. The van der Waals surface area contributed by atoms with Crippen LogP contribution in [0.1, 0.15) is 56.9 Å². The quantitative estimate of drug-likeness (QED) is 0.539. The number of likely N-dealkylation sites (tertiary alicyclic amines) is 1. The van der Waals surface area contributed by atoms with E-state index in [0.717, 1.165) is 61.2 Å². The van der Waals surface area contributed by atoms with Crippen LogP contribution in [-0.2, 0) is 9.63 Å². The summed E-state index contributed by atoms with van der Waals surface area (Å²) in [4.78, 5) is 19.8. The van der Waals surface area contributed by atoms with Crippen LogP contribution in [0.4, 0.5) is 0 Å². The fourth-order valence-electron chi connectivity index (χ4n) is 6.20. The summed E-state index contributed by atoms with van der Waals surface area (Å²) in [7, 11) is 3.34. The maximum atomic E-state index is 11.8. The first-order valence-corrected chi connectivity index (χ1v) is 12.3. The first kappa shape index (κ1) is 22.2. The number of benzene rings is 2. The average Bonchev–Trinajstić information content (AvgIpc) is 3.22. The molecular formula is C27H35N3O3. The van der Waals surface area contributed by atoms with Crippen LogP contribution >= 0.6 is 0 Å². The fourth-order valence-corrected chi connectivity index (χ4v) is 6.20. The fraction of sp³-hybridized carbons (Fsp3) is 0.556. The van der Waals surface area contributed by atoms with E-state index in [2.05, 4.69) is 45.7 Å². The van der Waals surface area contributed by atoms with E-state index in [-0.39, 0.29) is 11.4 Å². The third-order valence-electron chi connectivity index (χ3n) is 8.04. The number of ether oxygens (including phenoxy) is 1. The number of oxime groups is 1. The third kappa shape index (κ3) is 4.58. The Morgan fingerprint density at radius 3 is 2.58 bits per heavy atom. The van der Waals surface area contributed by atoms with E-state index in [1.54, 1.807) is 14.2 Å². The molecule has 0 aromatic heterocycles. The van der Waals surface area contributed by atoms with Crippen molar-refractivity contribution in [2.24, 2.45) is 11.1 Å². The van der Waals surface area contributed by atoms with Crippen molar-refractivity contribution in [1.82, 2.24) is 10.2 Å². The van der Waals surface area contributed by atoms with Gasteiger partial charge < -0.3 is 14.9 Å². The lowest BCUT2D eigenvalue weighted by Gasteiger charge is -2.44. The lowest BCUT2D eigenvalue weighted by atomic mass is 9.77. The highest BCUT2D eigenvalue weighted by Gasteiger charge is 2.42. The topological polar surface area (TPSA) is 63.2 Å². The second kappa shape index (κ2) is 9.34. The summed E-state index contributed by atoms with van der Waals surface area (Å²) in [6, 6.07) is 13.3. The van der Waals surface area contributed by atoms with Gasteiger partial charge in [-0.05, 0) is 80.5 Å². The minimum Gasteiger partial charge on any atom is -0.497 e. The monoisotopic (exact) mass is 449 g/mol. The Morgan fingerprint density at radius 1 is 1.06 bits per heavy atom. The number of hydrogen-bond acceptors (Lipinski definition) is 5. The van der Waals surface area contributed by atoms with Crippen LogP contribution in [0.3, 0.4) is 0 Å². The van der Waals surface area contributed by atoms with Crippen molar-refractivity contribution in [2.75, 3.05) is 27.3 Å². The van der Waals surface area contributed by atoms with Crippen molar-refractivity contribution >= 4 is 22.4 Å². The molecule has 1 amide bonds. The Balaban J connectivity index is 1.30. The Kier molecular flexibility index (Phi) is 6.28. The van der Waals surface area contributed by atoms with Gasteiger partial charge in [-0.15, -0.1) is 0 Å². The van der Waals surface area contributed by atoms with Gasteiger partial charge in [-0.25, -0.2) is 0 Å². The zero-order valence-corrected chi connectivity index (χ0v) is 19.8. The van der Waals surface area contributed by atoms with Crippen molar-refractivity contribution in [3.05, 3.63) is 42.0 Å². The molecule has 0 bridgehead atoms. The standard InChI is InChI=1S/C27H35N3O3/c1-32-24-8-7-19-16-21(6-5-20(19)17-24)26(29-33-2)22-4-3-15-30(18-22)23-9-12-27(13-10-23)14-11-25(31)28-27/h5-8,16-17,22-23H,3-4,9-15,18H2,1-2H3,(H,28,31)/b29-26-. The highest BCUT2D eigenvalue weighted by Crippen LogP contribution is 2.38. The lowest BCUT2D eigenvalue weighted by Crippen LogP contribution is -2.51. The summed E-state index contributed by atoms with van der Waals surface area (Å²) in [5.74, 6) is 1.47. The maximum absolute atomic E-state index is 11.8. The third-order valence-corrected chi connectivity index (χ3v) is 8.04. The van der Waals surface area contributed by atoms with Crippen molar-refractivity contribution in [1.29, 1.82) is 0 Å². The Morgan fingerprint density at radius 2 is 1.85 bits per heavy atom. The van der Waals surface area contributed by atoms with Gasteiger partial charge in [0.15, 0.2) is 0 Å². The first-order valence-electron chi connectivity index (χ1n) is 12.3. The van der Waals surface area contributed by atoms with E-state index in [1.165, 1.54) is 24.6 Å². The molecule has 0 radical (unpaired) electrons. The highest BCUT2D eigenvalue weighted by molar-refractivity contribution is 6.05. The molecule has 1 unspecified atom stereocenters. The molecule has 5 rings (SSSR count). The van der Waals surface area contributed by atoms with Crippen LogP contribution in [-0.4, -0.2) is 55.4 Å². The van der Waals surface area contributed by atoms with Crippen LogP contribution in [0.15, 0.2) is 41.6 Å². The average molecular weight is 450 g/mol. The molecule has 6 heteroatoms. The molecular weight excluding hydrogens is 414 g/mol. The van der Waals surface area contributed by atoms with E-state index in [1.807, 2.05) is 6.07 Å². The Hall–Kier alpha value is -2.60. The van der Waals surface area contributed by atoms with E-state index in [4.69, 9.17) is 9.57 Å². The molecule has 2 aliphatic heterocycles. The first-order chi connectivity index (χ1) is 16.1. The van der Waals surface area contributed by atoms with Gasteiger partial charge in [-0.1, -0.05) is 23.4 Å². The number of nitrogens with one attached hydrogen (secondary N) is 1. The molecule has 2 saturated heterocycles. The number of rotatable bonds is 5. The Bertz CT molecular complexity index is 1040. The molecule has 1 atom stereocenters. The predicted octanol–water partition coefficient (Wildman–Crippen LogP) is 4.50. The molecule has 3 fully saturated rings. The Labute approximate surface area is 196 Å². The van der Waals surface area contributed by atoms with Gasteiger partial charge in [0.05, 0.1) is 12.8 Å². The van der Waals surface area contributed by atoms with Crippen molar-refractivity contribution < 1.29 is 14.4 Å². The van der Waals surface area contributed by atoms with Gasteiger partial charge in [0.1, 0.15) is 12.9 Å². The number of methoxy groups -OCH3 is 1.